The van der Waals surface area contributed by atoms with E-state index < -0.39 is 0 Å². The van der Waals surface area contributed by atoms with Gasteiger partial charge in [0.05, 0.1) is 17.3 Å². The van der Waals surface area contributed by atoms with Gasteiger partial charge in [-0.2, -0.15) is 0 Å². The minimum Gasteiger partial charge on any atom is -0.377 e. The molecule has 1 aromatic carbocycles. The lowest BCUT2D eigenvalue weighted by atomic mass is 9.92. The summed E-state index contributed by atoms with van der Waals surface area (Å²) in [5, 5.41) is 3.42. The lowest BCUT2D eigenvalue weighted by Gasteiger charge is -2.17. The Bertz CT molecular complexity index is 491. The predicted octanol–water partition coefficient (Wildman–Crippen LogP) is 2.15. The van der Waals surface area contributed by atoms with Crippen LogP contribution in [0.25, 0.3) is 5.57 Å². The molecule has 1 aliphatic heterocycles. The molecule has 0 aromatic heterocycles. The van der Waals surface area contributed by atoms with Crippen LogP contribution in [-0.4, -0.2) is 11.9 Å². The summed E-state index contributed by atoms with van der Waals surface area (Å²) >= 11 is 0. The molecular weight excluding hydrogens is 200 g/mol. The van der Waals surface area contributed by atoms with Crippen molar-refractivity contribution in [3.05, 3.63) is 35.4 Å². The first kappa shape index (κ1) is 9.46. The second kappa shape index (κ2) is 3.37. The number of carbonyl (C=O) groups is 1. The van der Waals surface area contributed by atoms with E-state index in [9.17, 15) is 4.79 Å². The van der Waals surface area contributed by atoms with Gasteiger partial charge in [-0.15, -0.1) is 0 Å². The third-order valence-corrected chi connectivity index (χ3v) is 3.40. The Morgan fingerprint density at radius 1 is 1.44 bits per heavy atom. The minimum absolute atomic E-state index is 0.358. The number of anilines is 1. The lowest BCUT2D eigenvalue weighted by Crippen LogP contribution is -2.18. The van der Waals surface area contributed by atoms with Crippen LogP contribution >= 0.6 is 0 Å². The molecule has 2 aliphatic rings. The maximum Gasteiger partial charge on any atom is 0.250 e. The maximum absolute atomic E-state index is 11.3. The number of fused-ring (bicyclic) bond motifs is 3. The summed E-state index contributed by atoms with van der Waals surface area (Å²) in [6, 6.07) is 6.13. The molecule has 0 spiro atoms. The van der Waals surface area contributed by atoms with Crippen molar-refractivity contribution in [2.24, 2.45) is 5.73 Å². The Morgan fingerprint density at radius 2 is 2.31 bits per heavy atom. The summed E-state index contributed by atoms with van der Waals surface area (Å²) in [5.41, 5.74) is 9.40. The standard InChI is InChI=1S/C13H14N2O/c14-13(16)10-6-3-5-9-8-4-1-2-7-11(8)15-12(9)10/h3-6,11,15H,1-2,7H2,(H2,14,16). The summed E-state index contributed by atoms with van der Waals surface area (Å²) in [7, 11) is 0. The number of nitrogens with two attached hydrogens (primary N) is 1. The van der Waals surface area contributed by atoms with Gasteiger partial charge in [-0.25, -0.2) is 0 Å². The van der Waals surface area contributed by atoms with E-state index in [-0.39, 0.29) is 5.91 Å². The molecule has 1 aliphatic carbocycles. The molecule has 16 heavy (non-hydrogen) atoms. The first-order valence-corrected chi connectivity index (χ1v) is 5.67. The molecule has 0 radical (unpaired) electrons. The van der Waals surface area contributed by atoms with Crippen molar-refractivity contribution in [1.82, 2.24) is 0 Å². The van der Waals surface area contributed by atoms with Gasteiger partial charge >= 0.3 is 0 Å². The molecule has 1 aromatic rings. The number of amides is 1. The molecule has 3 rings (SSSR count). The number of hydrogen-bond acceptors (Lipinski definition) is 2. The van der Waals surface area contributed by atoms with E-state index in [1.165, 1.54) is 12.0 Å². The molecule has 0 saturated carbocycles. The average Bonchev–Trinajstić information content (AvgIpc) is 2.67. The molecule has 3 nitrogen and oxygen atoms in total. The molecule has 1 amide bonds. The van der Waals surface area contributed by atoms with Gasteiger partial charge in [0.25, 0.3) is 5.91 Å². The van der Waals surface area contributed by atoms with E-state index in [0.29, 0.717) is 11.6 Å². The van der Waals surface area contributed by atoms with Crippen molar-refractivity contribution >= 4 is 17.2 Å². The first-order valence-electron chi connectivity index (χ1n) is 5.67. The number of primary amides is 1. The first-order chi connectivity index (χ1) is 7.77. The van der Waals surface area contributed by atoms with Crippen LogP contribution in [0.4, 0.5) is 5.69 Å². The molecule has 1 atom stereocenters. The largest absolute Gasteiger partial charge is 0.377 e. The molecular formula is C13H14N2O. The van der Waals surface area contributed by atoms with Crippen molar-refractivity contribution in [3.8, 4) is 0 Å². The number of para-hydroxylation sites is 1. The van der Waals surface area contributed by atoms with Crippen LogP contribution in [0.1, 0.15) is 35.2 Å². The number of benzene rings is 1. The van der Waals surface area contributed by atoms with Crippen molar-refractivity contribution in [3.63, 3.8) is 0 Å². The highest BCUT2D eigenvalue weighted by Crippen LogP contribution is 2.41. The zero-order chi connectivity index (χ0) is 11.1. The number of nitrogens with one attached hydrogen (secondary N) is 1. The maximum atomic E-state index is 11.3. The van der Waals surface area contributed by atoms with Gasteiger partial charge in [-0.3, -0.25) is 4.79 Å². The van der Waals surface area contributed by atoms with Gasteiger partial charge < -0.3 is 11.1 Å². The van der Waals surface area contributed by atoms with E-state index in [4.69, 9.17) is 5.73 Å². The fraction of sp³-hybridized carbons (Fsp3) is 0.308. The predicted molar refractivity (Wildman–Crippen MR) is 64.2 cm³/mol. The summed E-state index contributed by atoms with van der Waals surface area (Å²) in [6.07, 6.45) is 5.76. The summed E-state index contributed by atoms with van der Waals surface area (Å²) in [6.45, 7) is 0. The third kappa shape index (κ3) is 1.24. The van der Waals surface area contributed by atoms with Gasteiger partial charge in [0, 0.05) is 5.56 Å². The molecule has 3 N–H and O–H groups in total. The lowest BCUT2D eigenvalue weighted by molar-refractivity contribution is 0.100. The Labute approximate surface area is 94.3 Å². The van der Waals surface area contributed by atoms with Crippen molar-refractivity contribution in [2.75, 3.05) is 5.32 Å². The minimum atomic E-state index is -0.358. The fourth-order valence-corrected chi connectivity index (χ4v) is 2.65. The average molecular weight is 214 g/mol. The van der Waals surface area contributed by atoms with Gasteiger partial charge in [-0.05, 0) is 30.9 Å². The van der Waals surface area contributed by atoms with Gasteiger partial charge in [0.1, 0.15) is 0 Å². The van der Waals surface area contributed by atoms with Crippen LogP contribution in [0.2, 0.25) is 0 Å². The highest BCUT2D eigenvalue weighted by atomic mass is 16.1. The van der Waals surface area contributed by atoms with Crippen molar-refractivity contribution in [1.29, 1.82) is 0 Å². The Kier molecular flexibility index (Phi) is 1.99. The quantitative estimate of drug-likeness (QED) is 0.752. The molecule has 1 unspecified atom stereocenters. The summed E-state index contributed by atoms with van der Waals surface area (Å²) in [4.78, 5) is 11.3. The smallest absolute Gasteiger partial charge is 0.250 e. The highest BCUT2D eigenvalue weighted by molar-refractivity contribution is 6.03. The van der Waals surface area contributed by atoms with E-state index in [1.807, 2.05) is 6.07 Å². The Balaban J connectivity index is 2.16. The van der Waals surface area contributed by atoms with Crippen molar-refractivity contribution < 1.29 is 4.79 Å². The van der Waals surface area contributed by atoms with Crippen LogP contribution in [-0.2, 0) is 0 Å². The molecule has 0 saturated heterocycles. The SMILES string of the molecule is NC(=O)c1cccc2c1NC1CCCC=C21. The van der Waals surface area contributed by atoms with Crippen LogP contribution in [0.15, 0.2) is 24.3 Å². The highest BCUT2D eigenvalue weighted by Gasteiger charge is 2.30. The third-order valence-electron chi connectivity index (χ3n) is 3.40. The van der Waals surface area contributed by atoms with Crippen molar-refractivity contribution in [2.45, 2.75) is 25.3 Å². The molecule has 0 bridgehead atoms. The molecule has 82 valence electrons. The van der Waals surface area contributed by atoms with Gasteiger partial charge in [0.15, 0.2) is 0 Å². The van der Waals surface area contributed by atoms with E-state index in [2.05, 4.69) is 17.5 Å². The Hall–Kier alpha value is -1.77. The Morgan fingerprint density at radius 3 is 3.12 bits per heavy atom. The molecule has 3 heteroatoms. The normalized spacial score (nSPS) is 21.8. The fourth-order valence-electron chi connectivity index (χ4n) is 2.65. The zero-order valence-corrected chi connectivity index (χ0v) is 8.99. The van der Waals surface area contributed by atoms with Crippen LogP contribution in [0, 0.1) is 0 Å². The number of hydrogen-bond donors (Lipinski definition) is 2. The van der Waals surface area contributed by atoms with Crippen LogP contribution in [0.3, 0.4) is 0 Å². The van der Waals surface area contributed by atoms with Gasteiger partial charge in [-0.1, -0.05) is 18.2 Å². The number of rotatable bonds is 1. The number of carbonyl (C=O) groups excluding carboxylic acids is 1. The summed E-state index contributed by atoms with van der Waals surface area (Å²) in [5.74, 6) is -0.358. The van der Waals surface area contributed by atoms with Crippen LogP contribution in [0.5, 0.6) is 0 Å². The van der Waals surface area contributed by atoms with E-state index >= 15 is 0 Å². The van der Waals surface area contributed by atoms with Gasteiger partial charge in [0.2, 0.25) is 0 Å². The monoisotopic (exact) mass is 214 g/mol. The summed E-state index contributed by atoms with van der Waals surface area (Å²) < 4.78 is 0. The molecule has 1 heterocycles. The van der Waals surface area contributed by atoms with E-state index in [1.54, 1.807) is 6.07 Å². The number of allylic oxidation sites excluding steroid dienone is 1. The van der Waals surface area contributed by atoms with Crippen LogP contribution < -0.4 is 11.1 Å². The second-order valence-electron chi connectivity index (χ2n) is 4.38. The zero-order valence-electron chi connectivity index (χ0n) is 8.99. The second-order valence-corrected chi connectivity index (χ2v) is 4.38. The van der Waals surface area contributed by atoms with E-state index in [0.717, 1.165) is 24.1 Å². The topological polar surface area (TPSA) is 55.1 Å². The molecule has 0 fully saturated rings.